The van der Waals surface area contributed by atoms with E-state index in [1.165, 1.54) is 12.1 Å². The molecule has 0 radical (unpaired) electrons. The summed E-state index contributed by atoms with van der Waals surface area (Å²) in [5, 5.41) is 8.72. The van der Waals surface area contributed by atoms with Gasteiger partial charge in [0.1, 0.15) is 5.75 Å². The quantitative estimate of drug-likeness (QED) is 0.899. The Kier molecular flexibility index (Phi) is 3.28. The standard InChI is InChI=1S/C14H11FO3/c1-9-3-2-4-11(7-9)18-13-6-5-10(14(16)17)8-12(13)15/h2-8H,1H3,(H,16,17). The van der Waals surface area contributed by atoms with Gasteiger partial charge < -0.3 is 9.84 Å². The van der Waals surface area contributed by atoms with Crippen LogP contribution < -0.4 is 4.74 Å². The van der Waals surface area contributed by atoms with Gasteiger partial charge in [0.15, 0.2) is 11.6 Å². The average molecular weight is 246 g/mol. The number of hydrogen-bond acceptors (Lipinski definition) is 2. The monoisotopic (exact) mass is 246 g/mol. The van der Waals surface area contributed by atoms with Crippen molar-refractivity contribution in [3.8, 4) is 11.5 Å². The smallest absolute Gasteiger partial charge is 0.335 e. The number of carboxylic acids is 1. The molecule has 0 atom stereocenters. The molecule has 0 saturated carbocycles. The van der Waals surface area contributed by atoms with E-state index < -0.39 is 11.8 Å². The topological polar surface area (TPSA) is 46.5 Å². The molecule has 2 rings (SSSR count). The van der Waals surface area contributed by atoms with Crippen LogP contribution in [0.4, 0.5) is 4.39 Å². The first kappa shape index (κ1) is 12.1. The SMILES string of the molecule is Cc1cccc(Oc2ccc(C(=O)O)cc2F)c1. The van der Waals surface area contributed by atoms with Gasteiger partial charge in [0.05, 0.1) is 5.56 Å². The number of ether oxygens (including phenoxy) is 1. The zero-order valence-corrected chi connectivity index (χ0v) is 9.68. The second kappa shape index (κ2) is 4.87. The van der Waals surface area contributed by atoms with E-state index in [9.17, 15) is 9.18 Å². The molecule has 0 saturated heterocycles. The maximum atomic E-state index is 13.6. The van der Waals surface area contributed by atoms with Gasteiger partial charge in [-0.3, -0.25) is 0 Å². The van der Waals surface area contributed by atoms with E-state index in [1.54, 1.807) is 18.2 Å². The lowest BCUT2D eigenvalue weighted by Crippen LogP contribution is -1.98. The van der Waals surface area contributed by atoms with Gasteiger partial charge in [-0.15, -0.1) is 0 Å². The zero-order chi connectivity index (χ0) is 13.1. The van der Waals surface area contributed by atoms with E-state index in [1.807, 2.05) is 13.0 Å². The highest BCUT2D eigenvalue weighted by Crippen LogP contribution is 2.25. The maximum Gasteiger partial charge on any atom is 0.335 e. The van der Waals surface area contributed by atoms with Crippen LogP contribution in [-0.2, 0) is 0 Å². The molecule has 3 nitrogen and oxygen atoms in total. The molecule has 0 unspecified atom stereocenters. The van der Waals surface area contributed by atoms with Crippen LogP contribution in [0.15, 0.2) is 42.5 Å². The molecule has 0 spiro atoms. The number of halogens is 1. The molecular formula is C14H11FO3. The number of carboxylic acid groups (broad SMARTS) is 1. The van der Waals surface area contributed by atoms with Crippen LogP contribution in [0.2, 0.25) is 0 Å². The van der Waals surface area contributed by atoms with Gasteiger partial charge in [-0.25, -0.2) is 9.18 Å². The summed E-state index contributed by atoms with van der Waals surface area (Å²) in [7, 11) is 0. The minimum atomic E-state index is -1.17. The summed E-state index contributed by atoms with van der Waals surface area (Å²) in [6.45, 7) is 1.90. The van der Waals surface area contributed by atoms with E-state index in [0.29, 0.717) is 5.75 Å². The fraction of sp³-hybridized carbons (Fsp3) is 0.0714. The number of aryl methyl sites for hydroxylation is 1. The van der Waals surface area contributed by atoms with Crippen LogP contribution in [0.1, 0.15) is 15.9 Å². The summed E-state index contributed by atoms with van der Waals surface area (Å²) < 4.78 is 19.0. The normalized spacial score (nSPS) is 10.1. The molecule has 0 bridgehead atoms. The van der Waals surface area contributed by atoms with Gasteiger partial charge in [-0.1, -0.05) is 12.1 Å². The minimum Gasteiger partial charge on any atom is -0.478 e. The van der Waals surface area contributed by atoms with Crippen molar-refractivity contribution >= 4 is 5.97 Å². The first-order valence-corrected chi connectivity index (χ1v) is 5.33. The Morgan fingerprint density at radius 3 is 2.61 bits per heavy atom. The molecule has 92 valence electrons. The predicted octanol–water partition coefficient (Wildman–Crippen LogP) is 3.62. The summed E-state index contributed by atoms with van der Waals surface area (Å²) in [4.78, 5) is 10.7. The second-order valence-electron chi connectivity index (χ2n) is 3.87. The molecule has 0 aliphatic heterocycles. The van der Waals surface area contributed by atoms with Gasteiger partial charge in [0.25, 0.3) is 0 Å². The molecule has 0 aliphatic rings. The van der Waals surface area contributed by atoms with E-state index in [-0.39, 0.29) is 11.3 Å². The molecule has 2 aromatic rings. The molecule has 0 heterocycles. The van der Waals surface area contributed by atoms with E-state index in [0.717, 1.165) is 11.6 Å². The van der Waals surface area contributed by atoms with Crippen LogP contribution in [0, 0.1) is 12.7 Å². The Morgan fingerprint density at radius 2 is 2.00 bits per heavy atom. The Labute approximate surface area is 103 Å². The Morgan fingerprint density at radius 1 is 1.22 bits per heavy atom. The fourth-order valence-corrected chi connectivity index (χ4v) is 1.52. The van der Waals surface area contributed by atoms with Crippen molar-refractivity contribution in [3.05, 3.63) is 59.4 Å². The van der Waals surface area contributed by atoms with E-state index in [2.05, 4.69) is 0 Å². The van der Waals surface area contributed by atoms with Gasteiger partial charge >= 0.3 is 5.97 Å². The summed E-state index contributed by atoms with van der Waals surface area (Å²) >= 11 is 0. The molecule has 1 N–H and O–H groups in total. The molecule has 4 heteroatoms. The van der Waals surface area contributed by atoms with Gasteiger partial charge in [0, 0.05) is 0 Å². The Hall–Kier alpha value is -2.36. The maximum absolute atomic E-state index is 13.6. The third kappa shape index (κ3) is 2.66. The summed E-state index contributed by atoms with van der Waals surface area (Å²) in [5.74, 6) is -1.35. The van der Waals surface area contributed by atoms with Crippen LogP contribution >= 0.6 is 0 Å². The first-order chi connectivity index (χ1) is 8.56. The Balaban J connectivity index is 2.27. The van der Waals surface area contributed by atoms with Gasteiger partial charge in [-0.2, -0.15) is 0 Å². The second-order valence-corrected chi connectivity index (χ2v) is 3.87. The van der Waals surface area contributed by atoms with Crippen molar-refractivity contribution in [1.29, 1.82) is 0 Å². The summed E-state index contributed by atoms with van der Waals surface area (Å²) in [6.07, 6.45) is 0. The molecule has 0 amide bonds. The molecule has 2 aromatic carbocycles. The summed E-state index contributed by atoms with van der Waals surface area (Å²) in [6, 6.07) is 10.7. The third-order valence-electron chi connectivity index (χ3n) is 2.40. The molecule has 0 aromatic heterocycles. The number of benzene rings is 2. The van der Waals surface area contributed by atoms with Crippen LogP contribution in [-0.4, -0.2) is 11.1 Å². The molecular weight excluding hydrogens is 235 g/mol. The zero-order valence-electron chi connectivity index (χ0n) is 9.68. The van der Waals surface area contributed by atoms with Crippen molar-refractivity contribution in [2.75, 3.05) is 0 Å². The lowest BCUT2D eigenvalue weighted by molar-refractivity contribution is 0.0696. The van der Waals surface area contributed by atoms with Gasteiger partial charge in [-0.05, 0) is 42.8 Å². The number of carbonyl (C=O) groups is 1. The Bertz CT molecular complexity index is 593. The highest BCUT2D eigenvalue weighted by Gasteiger charge is 2.09. The van der Waals surface area contributed by atoms with Crippen LogP contribution in [0.5, 0.6) is 11.5 Å². The largest absolute Gasteiger partial charge is 0.478 e. The fourth-order valence-electron chi connectivity index (χ4n) is 1.52. The third-order valence-corrected chi connectivity index (χ3v) is 2.40. The molecule has 0 aliphatic carbocycles. The lowest BCUT2D eigenvalue weighted by atomic mass is 10.2. The summed E-state index contributed by atoms with van der Waals surface area (Å²) in [5.41, 5.74) is 0.888. The number of aromatic carboxylic acids is 1. The number of rotatable bonds is 3. The highest BCUT2D eigenvalue weighted by atomic mass is 19.1. The highest BCUT2D eigenvalue weighted by molar-refractivity contribution is 5.87. The van der Waals surface area contributed by atoms with Gasteiger partial charge in [0.2, 0.25) is 0 Å². The van der Waals surface area contributed by atoms with Crippen molar-refractivity contribution in [1.82, 2.24) is 0 Å². The predicted molar refractivity (Wildman–Crippen MR) is 64.6 cm³/mol. The average Bonchev–Trinajstić information content (AvgIpc) is 2.31. The van der Waals surface area contributed by atoms with E-state index in [4.69, 9.17) is 9.84 Å². The molecule has 0 fully saturated rings. The number of hydrogen-bond donors (Lipinski definition) is 1. The first-order valence-electron chi connectivity index (χ1n) is 5.33. The van der Waals surface area contributed by atoms with Crippen molar-refractivity contribution in [2.24, 2.45) is 0 Å². The van der Waals surface area contributed by atoms with E-state index >= 15 is 0 Å². The van der Waals surface area contributed by atoms with Crippen LogP contribution in [0.25, 0.3) is 0 Å². The molecule has 18 heavy (non-hydrogen) atoms. The minimum absolute atomic E-state index is 0.00519. The van der Waals surface area contributed by atoms with Crippen molar-refractivity contribution < 1.29 is 19.0 Å². The van der Waals surface area contributed by atoms with Crippen molar-refractivity contribution in [2.45, 2.75) is 6.92 Å². The lowest BCUT2D eigenvalue weighted by Gasteiger charge is -2.07. The van der Waals surface area contributed by atoms with Crippen LogP contribution in [0.3, 0.4) is 0 Å². The van der Waals surface area contributed by atoms with Crippen molar-refractivity contribution in [3.63, 3.8) is 0 Å².